The molecule has 1 spiro atoms. The van der Waals surface area contributed by atoms with Crippen LogP contribution in [0.3, 0.4) is 0 Å². The number of rotatable bonds is 1. The van der Waals surface area contributed by atoms with E-state index >= 15 is 4.39 Å². The predicted molar refractivity (Wildman–Crippen MR) is 100 cm³/mol. The Bertz CT molecular complexity index is 767. The minimum atomic E-state index is -1.10. The molecule has 0 unspecified atom stereocenters. The molecule has 3 aliphatic rings. The average molecular weight is 376 g/mol. The van der Waals surface area contributed by atoms with Gasteiger partial charge in [-0.3, -0.25) is 0 Å². The van der Waals surface area contributed by atoms with Crippen LogP contribution in [0.15, 0.2) is 23.9 Å². The Kier molecular flexibility index (Phi) is 4.33. The van der Waals surface area contributed by atoms with E-state index in [-0.39, 0.29) is 5.75 Å². The lowest BCUT2D eigenvalue weighted by Gasteiger charge is -2.42. The minimum absolute atomic E-state index is 0.00363. The van der Waals surface area contributed by atoms with Crippen molar-refractivity contribution in [3.8, 4) is 11.5 Å². The highest BCUT2D eigenvalue weighted by atomic mass is 19.1. The van der Waals surface area contributed by atoms with Crippen LogP contribution in [0.25, 0.3) is 5.57 Å². The maximum Gasteiger partial charge on any atom is 0.525 e. The molecule has 2 fully saturated rings. The van der Waals surface area contributed by atoms with Crippen molar-refractivity contribution in [3.63, 3.8) is 0 Å². The van der Waals surface area contributed by atoms with Gasteiger partial charge in [0.2, 0.25) is 0 Å². The third kappa shape index (κ3) is 3.06. The fraction of sp³-hybridized carbons (Fsp3) is 0.600. The number of phenolic OH excluding ortho intramolecular Hbond substituents is 1. The van der Waals surface area contributed by atoms with Crippen LogP contribution < -0.4 is 4.74 Å². The predicted octanol–water partition coefficient (Wildman–Crippen LogP) is 4.04. The Morgan fingerprint density at radius 3 is 2.33 bits per heavy atom. The lowest BCUT2D eigenvalue weighted by Crippen LogP contribution is -2.44. The summed E-state index contributed by atoms with van der Waals surface area (Å²) >= 11 is 0. The van der Waals surface area contributed by atoms with E-state index in [4.69, 9.17) is 18.8 Å². The molecule has 0 radical (unpaired) electrons. The molecule has 27 heavy (non-hydrogen) atoms. The van der Waals surface area contributed by atoms with Crippen molar-refractivity contribution in [1.29, 1.82) is 0 Å². The molecule has 0 atom stereocenters. The smallest absolute Gasteiger partial charge is 0.507 e. The first kappa shape index (κ1) is 18.8. The van der Waals surface area contributed by atoms with Gasteiger partial charge in [0.1, 0.15) is 22.8 Å². The van der Waals surface area contributed by atoms with Crippen molar-refractivity contribution in [2.45, 2.75) is 63.8 Å². The Morgan fingerprint density at radius 1 is 1.07 bits per heavy atom. The first-order valence-corrected chi connectivity index (χ1v) is 9.47. The van der Waals surface area contributed by atoms with Gasteiger partial charge in [-0.05, 0) is 45.4 Å². The maximum absolute atomic E-state index is 15.7. The summed E-state index contributed by atoms with van der Waals surface area (Å²) < 4.78 is 39.2. The zero-order valence-corrected chi connectivity index (χ0v) is 16.3. The molecule has 3 aliphatic heterocycles. The quantitative estimate of drug-likeness (QED) is 0.750. The SMILES string of the molecule is CC1(C)OB(C(F)=C2CC3(CCOCC3)Oc3cccc(O)c32)OC1(C)C. The van der Waals surface area contributed by atoms with Gasteiger partial charge in [-0.2, -0.15) is 0 Å². The Hall–Kier alpha value is -1.57. The molecule has 0 amide bonds. The Morgan fingerprint density at radius 2 is 1.70 bits per heavy atom. The standard InChI is InChI=1S/C20H26BFO5/c1-18(2)19(3,4)27-21(26-18)17(22)13-12-20(8-10-24-11-9-20)25-15-7-5-6-14(23)16(13)15/h5-7,23H,8-12H2,1-4H3. The lowest BCUT2D eigenvalue weighted by molar-refractivity contribution is -0.0463. The fourth-order valence-electron chi connectivity index (χ4n) is 3.90. The van der Waals surface area contributed by atoms with Crippen LogP contribution in [0.2, 0.25) is 0 Å². The average Bonchev–Trinajstić information content (AvgIpc) is 2.82. The van der Waals surface area contributed by atoms with E-state index in [9.17, 15) is 5.11 Å². The Balaban J connectivity index is 1.79. The van der Waals surface area contributed by atoms with E-state index in [1.54, 1.807) is 18.2 Å². The highest BCUT2D eigenvalue weighted by Crippen LogP contribution is 2.50. The van der Waals surface area contributed by atoms with Gasteiger partial charge in [0, 0.05) is 19.3 Å². The molecule has 7 heteroatoms. The minimum Gasteiger partial charge on any atom is -0.507 e. The van der Waals surface area contributed by atoms with Gasteiger partial charge < -0.3 is 23.9 Å². The van der Waals surface area contributed by atoms with E-state index in [1.807, 2.05) is 27.7 Å². The second-order valence-corrected chi connectivity index (χ2v) is 8.64. The number of phenols is 1. The summed E-state index contributed by atoms with van der Waals surface area (Å²) in [5, 5.41) is 10.4. The van der Waals surface area contributed by atoms with Crippen molar-refractivity contribution in [2.24, 2.45) is 0 Å². The van der Waals surface area contributed by atoms with Crippen LogP contribution in [0, 0.1) is 0 Å². The number of hydrogen-bond acceptors (Lipinski definition) is 5. The molecule has 146 valence electrons. The van der Waals surface area contributed by atoms with Crippen molar-refractivity contribution < 1.29 is 28.3 Å². The number of halogens is 1. The fourth-order valence-corrected chi connectivity index (χ4v) is 3.90. The summed E-state index contributed by atoms with van der Waals surface area (Å²) in [6, 6.07) is 5.02. The number of fused-ring (bicyclic) bond motifs is 1. The van der Waals surface area contributed by atoms with Crippen molar-refractivity contribution >= 4 is 12.7 Å². The van der Waals surface area contributed by atoms with Gasteiger partial charge in [-0.25, -0.2) is 4.39 Å². The largest absolute Gasteiger partial charge is 0.525 e. The van der Waals surface area contributed by atoms with E-state index in [0.29, 0.717) is 49.4 Å². The summed E-state index contributed by atoms with van der Waals surface area (Å²) in [5.41, 5.74) is -1.52. The molecule has 0 aromatic heterocycles. The van der Waals surface area contributed by atoms with Crippen LogP contribution >= 0.6 is 0 Å². The first-order valence-electron chi connectivity index (χ1n) is 9.47. The summed E-state index contributed by atoms with van der Waals surface area (Å²) in [6.45, 7) is 8.69. The molecular weight excluding hydrogens is 350 g/mol. The second-order valence-electron chi connectivity index (χ2n) is 8.64. The Labute approximate surface area is 159 Å². The highest BCUT2D eigenvalue weighted by molar-refractivity contribution is 6.55. The van der Waals surface area contributed by atoms with Gasteiger partial charge in [0.15, 0.2) is 0 Å². The van der Waals surface area contributed by atoms with Crippen molar-refractivity contribution in [1.82, 2.24) is 0 Å². The molecule has 1 aromatic rings. The van der Waals surface area contributed by atoms with E-state index in [0.717, 1.165) is 0 Å². The third-order valence-electron chi connectivity index (χ3n) is 6.28. The molecule has 1 aromatic carbocycles. The van der Waals surface area contributed by atoms with Crippen molar-refractivity contribution in [2.75, 3.05) is 13.2 Å². The molecule has 0 saturated carbocycles. The number of benzene rings is 1. The second kappa shape index (κ2) is 6.22. The van der Waals surface area contributed by atoms with Crippen LogP contribution in [0.5, 0.6) is 11.5 Å². The van der Waals surface area contributed by atoms with E-state index in [1.165, 1.54) is 0 Å². The summed E-state index contributed by atoms with van der Waals surface area (Å²) in [4.78, 5) is 0. The topological polar surface area (TPSA) is 57.2 Å². The lowest BCUT2D eigenvalue weighted by atomic mass is 9.75. The highest BCUT2D eigenvalue weighted by Gasteiger charge is 2.54. The third-order valence-corrected chi connectivity index (χ3v) is 6.28. The molecular formula is C20H26BFO5. The summed E-state index contributed by atoms with van der Waals surface area (Å²) in [6.07, 6.45) is 1.68. The normalized spacial score (nSPS) is 27.2. The maximum atomic E-state index is 15.7. The zero-order chi connectivity index (χ0) is 19.4. The van der Waals surface area contributed by atoms with Gasteiger partial charge in [-0.1, -0.05) is 6.07 Å². The van der Waals surface area contributed by atoms with E-state index in [2.05, 4.69) is 0 Å². The van der Waals surface area contributed by atoms with Crippen LogP contribution in [0.1, 0.15) is 52.5 Å². The van der Waals surface area contributed by atoms with E-state index < -0.39 is 29.6 Å². The summed E-state index contributed by atoms with van der Waals surface area (Å²) in [7, 11) is -1.10. The molecule has 5 nitrogen and oxygen atoms in total. The zero-order valence-electron chi connectivity index (χ0n) is 16.3. The van der Waals surface area contributed by atoms with Crippen molar-refractivity contribution in [3.05, 3.63) is 29.5 Å². The summed E-state index contributed by atoms with van der Waals surface area (Å²) in [5.74, 6) is 0.487. The van der Waals surface area contributed by atoms with Crippen LogP contribution in [0.4, 0.5) is 4.39 Å². The van der Waals surface area contributed by atoms with Crippen LogP contribution in [-0.4, -0.2) is 42.2 Å². The number of hydrogen-bond donors (Lipinski definition) is 1. The van der Waals surface area contributed by atoms with Gasteiger partial charge in [-0.15, -0.1) is 0 Å². The monoisotopic (exact) mass is 376 g/mol. The molecule has 0 bridgehead atoms. The molecule has 2 saturated heterocycles. The number of aromatic hydroxyl groups is 1. The first-order chi connectivity index (χ1) is 12.6. The van der Waals surface area contributed by atoms with Gasteiger partial charge in [0.25, 0.3) is 0 Å². The van der Waals surface area contributed by atoms with Crippen LogP contribution in [-0.2, 0) is 14.0 Å². The molecule has 1 N–H and O–H groups in total. The van der Waals surface area contributed by atoms with Gasteiger partial charge in [0.05, 0.1) is 30.0 Å². The number of ether oxygens (including phenoxy) is 2. The molecule has 4 rings (SSSR count). The molecule has 3 heterocycles. The molecule has 0 aliphatic carbocycles. The van der Waals surface area contributed by atoms with Gasteiger partial charge >= 0.3 is 7.12 Å².